The van der Waals surface area contributed by atoms with Crippen LogP contribution < -0.4 is 0 Å². The number of aliphatic hydroxyl groups is 1. The quantitative estimate of drug-likeness (QED) is 0.299. The molecule has 2 aromatic rings. The number of aliphatic hydroxyl groups excluding tert-OH is 1. The molecule has 0 aromatic heterocycles. The van der Waals surface area contributed by atoms with E-state index in [0.29, 0.717) is 25.1 Å². The van der Waals surface area contributed by atoms with Crippen LogP contribution in [0.25, 0.3) is 5.76 Å². The van der Waals surface area contributed by atoms with Gasteiger partial charge in [-0.1, -0.05) is 45.8 Å². The van der Waals surface area contributed by atoms with Crippen LogP contribution in [0.4, 0.5) is 0 Å². The smallest absolute Gasteiger partial charge is 0.295 e. The molecule has 1 atom stereocenters. The van der Waals surface area contributed by atoms with Gasteiger partial charge in [-0.05, 0) is 49.6 Å². The van der Waals surface area contributed by atoms with Crippen LogP contribution in [0.1, 0.15) is 34.7 Å². The number of benzene rings is 2. The first-order valence-electron chi connectivity index (χ1n) is 9.45. The molecular formula is C23H24BrNO4. The van der Waals surface area contributed by atoms with E-state index in [1.165, 1.54) is 4.90 Å². The first kappa shape index (κ1) is 21.3. The van der Waals surface area contributed by atoms with Crippen LogP contribution in [-0.2, 0) is 14.3 Å². The fraction of sp³-hybridized carbons (Fsp3) is 0.304. The van der Waals surface area contributed by atoms with Gasteiger partial charge in [0.1, 0.15) is 5.76 Å². The molecule has 1 saturated heterocycles. The number of aryl methyl sites for hydroxylation is 2. The first-order chi connectivity index (χ1) is 13.8. The average molecular weight is 458 g/mol. The van der Waals surface area contributed by atoms with E-state index in [0.717, 1.165) is 21.2 Å². The molecule has 1 aliphatic heterocycles. The van der Waals surface area contributed by atoms with Crippen LogP contribution in [0.15, 0.2) is 52.5 Å². The maximum atomic E-state index is 13.0. The minimum Gasteiger partial charge on any atom is -0.507 e. The Bertz CT molecular complexity index is 965. The Morgan fingerprint density at radius 1 is 1.14 bits per heavy atom. The van der Waals surface area contributed by atoms with E-state index in [-0.39, 0.29) is 11.3 Å². The summed E-state index contributed by atoms with van der Waals surface area (Å²) in [6, 6.07) is 12.5. The van der Waals surface area contributed by atoms with Crippen molar-refractivity contribution in [2.75, 3.05) is 20.3 Å². The third-order valence-corrected chi connectivity index (χ3v) is 5.65. The van der Waals surface area contributed by atoms with E-state index < -0.39 is 17.7 Å². The predicted octanol–water partition coefficient (Wildman–Crippen LogP) is 4.52. The number of nitrogens with zero attached hydrogens (tertiary/aromatic N) is 1. The van der Waals surface area contributed by atoms with Crippen molar-refractivity contribution in [3.05, 3.63) is 74.8 Å². The number of halogens is 1. The van der Waals surface area contributed by atoms with Crippen LogP contribution in [0.5, 0.6) is 0 Å². The maximum absolute atomic E-state index is 13.0. The summed E-state index contributed by atoms with van der Waals surface area (Å²) in [5, 5.41) is 11.1. The summed E-state index contributed by atoms with van der Waals surface area (Å²) in [4.78, 5) is 27.3. The van der Waals surface area contributed by atoms with Crippen molar-refractivity contribution < 1.29 is 19.4 Å². The van der Waals surface area contributed by atoms with Crippen LogP contribution in [-0.4, -0.2) is 42.0 Å². The third kappa shape index (κ3) is 4.28. The molecule has 0 saturated carbocycles. The number of hydrogen-bond acceptors (Lipinski definition) is 4. The average Bonchev–Trinajstić information content (AvgIpc) is 2.95. The molecule has 1 unspecified atom stereocenters. The van der Waals surface area contributed by atoms with Crippen molar-refractivity contribution in [1.82, 2.24) is 4.90 Å². The second kappa shape index (κ2) is 8.93. The third-order valence-electron chi connectivity index (χ3n) is 5.12. The van der Waals surface area contributed by atoms with Gasteiger partial charge in [0.15, 0.2) is 0 Å². The molecule has 0 bridgehead atoms. The number of methoxy groups -OCH3 is 1. The minimum absolute atomic E-state index is 0.128. The molecule has 29 heavy (non-hydrogen) atoms. The minimum atomic E-state index is -0.659. The lowest BCUT2D eigenvalue weighted by Crippen LogP contribution is -2.31. The monoisotopic (exact) mass is 457 g/mol. The first-order valence-corrected chi connectivity index (χ1v) is 10.2. The van der Waals surface area contributed by atoms with E-state index >= 15 is 0 Å². The number of amides is 1. The highest BCUT2D eigenvalue weighted by Gasteiger charge is 2.45. The molecule has 6 heteroatoms. The van der Waals surface area contributed by atoms with E-state index in [9.17, 15) is 14.7 Å². The summed E-state index contributed by atoms with van der Waals surface area (Å²) in [5.74, 6) is -1.39. The van der Waals surface area contributed by atoms with Crippen LogP contribution >= 0.6 is 15.9 Å². The molecule has 1 fully saturated rings. The molecule has 0 radical (unpaired) electrons. The van der Waals surface area contributed by atoms with Crippen molar-refractivity contribution in [3.8, 4) is 0 Å². The standard InChI is InChI=1S/C23H24BrNO4/c1-14-5-6-15(2)18(13-14)21(26)19-20(16-7-9-17(24)10-8-16)25(11-4-12-29-3)23(28)22(19)27/h5-10,13,20,26H,4,11-12H2,1-3H3. The predicted molar refractivity (Wildman–Crippen MR) is 116 cm³/mol. The zero-order chi connectivity index (χ0) is 21.1. The molecule has 2 aromatic carbocycles. The number of Topliss-reactive ketones (excluding diaryl/α,β-unsaturated/α-hetero) is 1. The van der Waals surface area contributed by atoms with Gasteiger partial charge in [0, 0.05) is 30.3 Å². The van der Waals surface area contributed by atoms with Gasteiger partial charge in [-0.2, -0.15) is 0 Å². The van der Waals surface area contributed by atoms with Crippen molar-refractivity contribution in [2.24, 2.45) is 0 Å². The van der Waals surface area contributed by atoms with Gasteiger partial charge < -0.3 is 14.7 Å². The lowest BCUT2D eigenvalue weighted by Gasteiger charge is -2.25. The molecular weight excluding hydrogens is 434 g/mol. The number of ether oxygens (including phenoxy) is 1. The maximum Gasteiger partial charge on any atom is 0.295 e. The summed E-state index contributed by atoms with van der Waals surface area (Å²) in [7, 11) is 1.60. The largest absolute Gasteiger partial charge is 0.507 e. The van der Waals surface area contributed by atoms with Crippen molar-refractivity contribution >= 4 is 33.4 Å². The molecule has 0 spiro atoms. The molecule has 1 aliphatic rings. The van der Waals surface area contributed by atoms with Crippen LogP contribution in [0.2, 0.25) is 0 Å². The summed E-state index contributed by atoms with van der Waals surface area (Å²) < 4.78 is 6.00. The van der Waals surface area contributed by atoms with E-state index in [1.807, 2.05) is 56.3 Å². The molecule has 1 heterocycles. The Kier molecular flexibility index (Phi) is 6.55. The highest BCUT2D eigenvalue weighted by atomic mass is 79.9. The lowest BCUT2D eigenvalue weighted by atomic mass is 9.93. The van der Waals surface area contributed by atoms with Gasteiger partial charge in [0.2, 0.25) is 0 Å². The molecule has 1 N–H and O–H groups in total. The Morgan fingerprint density at radius 3 is 2.48 bits per heavy atom. The summed E-state index contributed by atoms with van der Waals surface area (Å²) in [6.07, 6.45) is 0.597. The fourth-order valence-corrected chi connectivity index (χ4v) is 3.88. The summed E-state index contributed by atoms with van der Waals surface area (Å²) in [5.41, 5.74) is 3.28. The molecule has 3 rings (SSSR count). The highest BCUT2D eigenvalue weighted by molar-refractivity contribution is 9.10. The van der Waals surface area contributed by atoms with E-state index in [1.54, 1.807) is 7.11 Å². The van der Waals surface area contributed by atoms with Crippen molar-refractivity contribution in [2.45, 2.75) is 26.3 Å². The van der Waals surface area contributed by atoms with Gasteiger partial charge in [0.05, 0.1) is 11.6 Å². The Hall–Kier alpha value is -2.44. The fourth-order valence-electron chi connectivity index (χ4n) is 3.62. The second-order valence-corrected chi connectivity index (χ2v) is 8.12. The number of carbonyl (C=O) groups is 2. The Labute approximate surface area is 179 Å². The number of carbonyl (C=O) groups excluding carboxylic acids is 2. The molecule has 0 aliphatic carbocycles. The van der Waals surface area contributed by atoms with Crippen LogP contribution in [0.3, 0.4) is 0 Å². The lowest BCUT2D eigenvalue weighted by molar-refractivity contribution is -0.140. The SMILES string of the molecule is COCCCN1C(=O)C(=O)C(=C(O)c2cc(C)ccc2C)C1c1ccc(Br)cc1. The number of hydrogen-bond donors (Lipinski definition) is 1. The van der Waals surface area contributed by atoms with E-state index in [2.05, 4.69) is 15.9 Å². The van der Waals surface area contributed by atoms with Gasteiger partial charge in [0.25, 0.3) is 11.7 Å². The topological polar surface area (TPSA) is 66.8 Å². The van der Waals surface area contributed by atoms with Crippen LogP contribution in [0, 0.1) is 13.8 Å². The second-order valence-electron chi connectivity index (χ2n) is 7.21. The van der Waals surface area contributed by atoms with Gasteiger partial charge in [-0.3, -0.25) is 9.59 Å². The number of rotatable bonds is 6. The molecule has 5 nitrogen and oxygen atoms in total. The summed E-state index contributed by atoms with van der Waals surface area (Å²) in [6.45, 7) is 4.64. The Morgan fingerprint density at radius 2 is 1.83 bits per heavy atom. The van der Waals surface area contributed by atoms with Crippen molar-refractivity contribution in [3.63, 3.8) is 0 Å². The highest BCUT2D eigenvalue weighted by Crippen LogP contribution is 2.40. The molecule has 1 amide bonds. The van der Waals surface area contributed by atoms with Gasteiger partial charge in [-0.15, -0.1) is 0 Å². The van der Waals surface area contributed by atoms with Crippen molar-refractivity contribution in [1.29, 1.82) is 0 Å². The molecule has 152 valence electrons. The van der Waals surface area contributed by atoms with E-state index in [4.69, 9.17) is 4.74 Å². The zero-order valence-electron chi connectivity index (χ0n) is 16.7. The van der Waals surface area contributed by atoms with Gasteiger partial charge in [-0.25, -0.2) is 0 Å². The normalized spacial score (nSPS) is 18.5. The van der Waals surface area contributed by atoms with Gasteiger partial charge >= 0.3 is 0 Å². The number of ketones is 1. The number of likely N-dealkylation sites (tertiary alicyclic amines) is 1. The Balaban J connectivity index is 2.16. The zero-order valence-corrected chi connectivity index (χ0v) is 18.3. The summed E-state index contributed by atoms with van der Waals surface area (Å²) >= 11 is 3.42.